The van der Waals surface area contributed by atoms with E-state index in [9.17, 15) is 4.79 Å². The monoisotopic (exact) mass is 337 g/mol. The van der Waals surface area contributed by atoms with Crippen molar-refractivity contribution < 1.29 is 14.3 Å². The molecule has 1 saturated carbocycles. The molecule has 0 aliphatic heterocycles. The summed E-state index contributed by atoms with van der Waals surface area (Å²) >= 11 is 6.15. The summed E-state index contributed by atoms with van der Waals surface area (Å²) in [5.74, 6) is 1.22. The Morgan fingerprint density at radius 1 is 1.22 bits per heavy atom. The molecule has 2 rings (SSSR count). The smallest absolute Gasteiger partial charge is 0.228 e. The topological polar surface area (TPSA) is 47.6 Å². The number of methoxy groups -OCH3 is 2. The molecule has 0 bridgehead atoms. The molecule has 1 aromatic carbocycles. The largest absolute Gasteiger partial charge is 0.495 e. The predicted molar refractivity (Wildman–Crippen MR) is 93.4 cm³/mol. The summed E-state index contributed by atoms with van der Waals surface area (Å²) in [6, 6.07) is 3.33. The van der Waals surface area contributed by atoms with Crippen molar-refractivity contribution in [1.29, 1.82) is 0 Å². The molecule has 1 aliphatic carbocycles. The molecule has 5 heteroatoms. The van der Waals surface area contributed by atoms with Crippen LogP contribution in [0.3, 0.4) is 0 Å². The van der Waals surface area contributed by atoms with Crippen molar-refractivity contribution in [2.45, 2.75) is 27.7 Å². The molecular formula is C18H24ClNO3. The third kappa shape index (κ3) is 3.47. The van der Waals surface area contributed by atoms with Crippen LogP contribution in [0.2, 0.25) is 5.02 Å². The van der Waals surface area contributed by atoms with E-state index in [-0.39, 0.29) is 23.2 Å². The van der Waals surface area contributed by atoms with Gasteiger partial charge in [-0.3, -0.25) is 4.79 Å². The van der Waals surface area contributed by atoms with Gasteiger partial charge < -0.3 is 14.8 Å². The van der Waals surface area contributed by atoms with Gasteiger partial charge in [-0.25, -0.2) is 0 Å². The Morgan fingerprint density at radius 2 is 1.83 bits per heavy atom. The quantitative estimate of drug-likeness (QED) is 0.803. The molecule has 0 aromatic heterocycles. The molecular weight excluding hydrogens is 314 g/mol. The van der Waals surface area contributed by atoms with E-state index in [1.165, 1.54) is 12.7 Å². The molecule has 1 fully saturated rings. The van der Waals surface area contributed by atoms with Crippen LogP contribution in [0.1, 0.15) is 27.7 Å². The number of rotatable bonds is 5. The summed E-state index contributed by atoms with van der Waals surface area (Å²) in [6.07, 6.45) is 2.17. The molecule has 1 aliphatic rings. The van der Waals surface area contributed by atoms with Crippen LogP contribution in [0, 0.1) is 17.3 Å². The minimum atomic E-state index is -0.0528. The van der Waals surface area contributed by atoms with Crippen molar-refractivity contribution in [1.82, 2.24) is 0 Å². The maximum Gasteiger partial charge on any atom is 0.228 e. The Labute approximate surface area is 142 Å². The summed E-state index contributed by atoms with van der Waals surface area (Å²) < 4.78 is 10.5. The number of nitrogens with one attached hydrogen (secondary N) is 1. The summed E-state index contributed by atoms with van der Waals surface area (Å²) in [5.41, 5.74) is 1.75. The second-order valence-electron chi connectivity index (χ2n) is 6.75. The highest BCUT2D eigenvalue weighted by molar-refractivity contribution is 6.32. The SMILES string of the molecule is COc1cc(OC)c(NC(=O)[C@@H]2[C@@H](C=C(C)C)C2(C)C)cc1Cl. The molecule has 126 valence electrons. The van der Waals surface area contributed by atoms with E-state index in [4.69, 9.17) is 21.1 Å². The van der Waals surface area contributed by atoms with Crippen molar-refractivity contribution in [2.75, 3.05) is 19.5 Å². The van der Waals surface area contributed by atoms with Gasteiger partial charge in [0.1, 0.15) is 11.5 Å². The van der Waals surface area contributed by atoms with Crippen LogP contribution in [0.4, 0.5) is 5.69 Å². The first kappa shape index (κ1) is 17.7. The second-order valence-corrected chi connectivity index (χ2v) is 7.15. The summed E-state index contributed by atoms with van der Waals surface area (Å²) in [4.78, 5) is 12.6. The van der Waals surface area contributed by atoms with E-state index in [1.807, 2.05) is 0 Å². The molecule has 2 atom stereocenters. The molecule has 4 nitrogen and oxygen atoms in total. The number of hydrogen-bond acceptors (Lipinski definition) is 3. The first-order chi connectivity index (χ1) is 10.7. The number of allylic oxidation sites excluding steroid dienone is 2. The third-order valence-electron chi connectivity index (χ3n) is 4.44. The van der Waals surface area contributed by atoms with Crippen LogP contribution in [0.25, 0.3) is 0 Å². The van der Waals surface area contributed by atoms with E-state index >= 15 is 0 Å². The van der Waals surface area contributed by atoms with Crippen molar-refractivity contribution >= 4 is 23.2 Å². The van der Waals surface area contributed by atoms with Crippen LogP contribution in [0.5, 0.6) is 11.5 Å². The highest BCUT2D eigenvalue weighted by atomic mass is 35.5. The van der Waals surface area contributed by atoms with E-state index in [2.05, 4.69) is 39.1 Å². The number of carbonyl (C=O) groups excluding carboxylic acids is 1. The number of anilines is 1. The van der Waals surface area contributed by atoms with Crippen molar-refractivity contribution in [2.24, 2.45) is 17.3 Å². The van der Waals surface area contributed by atoms with Gasteiger partial charge in [0.25, 0.3) is 0 Å². The zero-order chi connectivity index (χ0) is 17.4. The molecule has 1 aromatic rings. The Hall–Kier alpha value is -1.68. The molecule has 23 heavy (non-hydrogen) atoms. The van der Waals surface area contributed by atoms with Gasteiger partial charge in [0.15, 0.2) is 0 Å². The third-order valence-corrected chi connectivity index (χ3v) is 4.73. The number of benzene rings is 1. The zero-order valence-electron chi connectivity index (χ0n) is 14.5. The second kappa shape index (κ2) is 6.44. The van der Waals surface area contributed by atoms with Gasteiger partial charge >= 0.3 is 0 Å². The number of amides is 1. The molecule has 1 amide bonds. The summed E-state index contributed by atoms with van der Waals surface area (Å²) in [5, 5.41) is 3.37. The van der Waals surface area contributed by atoms with E-state index in [0.29, 0.717) is 22.2 Å². The molecule has 0 spiro atoms. The lowest BCUT2D eigenvalue weighted by Crippen LogP contribution is -2.17. The Balaban J connectivity index is 2.21. The summed E-state index contributed by atoms with van der Waals surface area (Å²) in [7, 11) is 3.08. The molecule has 0 unspecified atom stereocenters. The minimum Gasteiger partial charge on any atom is -0.495 e. The van der Waals surface area contributed by atoms with Gasteiger partial charge in [-0.2, -0.15) is 0 Å². The van der Waals surface area contributed by atoms with Gasteiger partial charge in [-0.15, -0.1) is 0 Å². The first-order valence-electron chi connectivity index (χ1n) is 7.59. The Morgan fingerprint density at radius 3 is 2.35 bits per heavy atom. The fourth-order valence-electron chi connectivity index (χ4n) is 3.02. The zero-order valence-corrected chi connectivity index (χ0v) is 15.2. The molecule has 0 radical (unpaired) electrons. The fourth-order valence-corrected chi connectivity index (χ4v) is 3.26. The number of halogens is 1. The van der Waals surface area contributed by atoms with Gasteiger partial charge in [0.2, 0.25) is 5.91 Å². The highest BCUT2D eigenvalue weighted by Crippen LogP contribution is 2.59. The van der Waals surface area contributed by atoms with E-state index < -0.39 is 0 Å². The van der Waals surface area contributed by atoms with Crippen LogP contribution < -0.4 is 14.8 Å². The van der Waals surface area contributed by atoms with Gasteiger partial charge in [-0.1, -0.05) is 37.1 Å². The van der Waals surface area contributed by atoms with Gasteiger partial charge in [-0.05, 0) is 31.2 Å². The van der Waals surface area contributed by atoms with Crippen LogP contribution in [-0.2, 0) is 4.79 Å². The van der Waals surface area contributed by atoms with E-state index in [0.717, 1.165) is 0 Å². The molecule has 0 heterocycles. The van der Waals surface area contributed by atoms with Crippen LogP contribution in [-0.4, -0.2) is 20.1 Å². The lowest BCUT2D eigenvalue weighted by molar-refractivity contribution is -0.118. The average Bonchev–Trinajstić information content (AvgIpc) is 2.99. The lowest BCUT2D eigenvalue weighted by Gasteiger charge is -2.13. The van der Waals surface area contributed by atoms with E-state index in [1.54, 1.807) is 19.2 Å². The lowest BCUT2D eigenvalue weighted by atomic mass is 10.1. The maximum atomic E-state index is 12.6. The normalized spacial score (nSPS) is 21.3. The fraction of sp³-hybridized carbons (Fsp3) is 0.500. The molecule has 1 N–H and O–H groups in total. The maximum absolute atomic E-state index is 12.6. The number of hydrogen-bond donors (Lipinski definition) is 1. The van der Waals surface area contributed by atoms with Crippen LogP contribution in [0.15, 0.2) is 23.8 Å². The van der Waals surface area contributed by atoms with Crippen molar-refractivity contribution in [3.8, 4) is 11.5 Å². The summed E-state index contributed by atoms with van der Waals surface area (Å²) in [6.45, 7) is 8.32. The molecule has 0 saturated heterocycles. The Kier molecular flexibility index (Phi) is 4.95. The first-order valence-corrected chi connectivity index (χ1v) is 7.97. The minimum absolute atomic E-state index is 0.0166. The van der Waals surface area contributed by atoms with Crippen LogP contribution >= 0.6 is 11.6 Å². The standard InChI is InChI=1S/C18H24ClNO3/c1-10(2)7-11-16(18(11,3)4)17(21)20-13-8-12(19)14(22-5)9-15(13)23-6/h7-9,11,16H,1-6H3,(H,20,21)/t11-,16+/m1/s1. The average molecular weight is 338 g/mol. The predicted octanol–water partition coefficient (Wildman–Crippen LogP) is 4.53. The Bertz CT molecular complexity index is 648. The number of ether oxygens (including phenoxy) is 2. The van der Waals surface area contributed by atoms with Gasteiger partial charge in [0, 0.05) is 6.07 Å². The number of carbonyl (C=O) groups is 1. The van der Waals surface area contributed by atoms with Crippen molar-refractivity contribution in [3.05, 3.63) is 28.8 Å². The van der Waals surface area contributed by atoms with Gasteiger partial charge in [0.05, 0.1) is 30.8 Å². The highest BCUT2D eigenvalue weighted by Gasteiger charge is 2.60. The van der Waals surface area contributed by atoms with Crippen molar-refractivity contribution in [3.63, 3.8) is 0 Å².